The molecular weight excluding hydrogens is 335 g/mol. The highest BCUT2D eigenvalue weighted by Crippen LogP contribution is 2.16. The Balaban J connectivity index is 1.60. The summed E-state index contributed by atoms with van der Waals surface area (Å²) in [5.74, 6) is -0.490. The molecule has 1 amide bonds. The fraction of sp³-hybridized carbons (Fsp3) is 0.200. The molecule has 2 N–H and O–H groups in total. The molecule has 3 aromatic rings. The van der Waals surface area contributed by atoms with Gasteiger partial charge in [0.1, 0.15) is 0 Å². The Hall–Kier alpha value is -3.15. The van der Waals surface area contributed by atoms with Crippen LogP contribution in [0.1, 0.15) is 22.5 Å². The van der Waals surface area contributed by atoms with E-state index in [-0.39, 0.29) is 23.7 Å². The summed E-state index contributed by atoms with van der Waals surface area (Å²) >= 11 is 0. The number of pyridine rings is 1. The second-order valence-electron chi connectivity index (χ2n) is 5.93. The molecule has 0 saturated carbocycles. The molecule has 6 heteroatoms. The highest BCUT2D eigenvalue weighted by molar-refractivity contribution is 6.05. The molecule has 0 radical (unpaired) electrons. The van der Waals surface area contributed by atoms with Crippen LogP contribution in [0, 0.1) is 12.7 Å². The SMILES string of the molecule is Cc1cc(=O)c2cccc(C(=O)NCCCOc3ccccc3F)c2[nH]1. The van der Waals surface area contributed by atoms with Gasteiger partial charge in [-0.1, -0.05) is 18.2 Å². The Kier molecular flexibility index (Phi) is 5.31. The number of aryl methyl sites for hydroxylation is 1. The minimum atomic E-state index is -0.411. The van der Waals surface area contributed by atoms with Crippen LogP contribution in [0.3, 0.4) is 0 Å². The van der Waals surface area contributed by atoms with Gasteiger partial charge in [0.05, 0.1) is 17.7 Å². The lowest BCUT2D eigenvalue weighted by atomic mass is 10.1. The van der Waals surface area contributed by atoms with Gasteiger partial charge in [0, 0.05) is 23.7 Å². The van der Waals surface area contributed by atoms with Crippen molar-refractivity contribution in [3.05, 3.63) is 75.8 Å². The van der Waals surface area contributed by atoms with Gasteiger partial charge in [0.25, 0.3) is 5.91 Å². The summed E-state index contributed by atoms with van der Waals surface area (Å²) in [5, 5.41) is 3.27. The monoisotopic (exact) mass is 354 g/mol. The third kappa shape index (κ3) is 3.91. The van der Waals surface area contributed by atoms with Crippen LogP contribution in [0.2, 0.25) is 0 Å². The van der Waals surface area contributed by atoms with E-state index in [1.807, 2.05) is 0 Å². The number of fused-ring (bicyclic) bond motifs is 1. The molecule has 3 rings (SSSR count). The van der Waals surface area contributed by atoms with Crippen LogP contribution >= 0.6 is 0 Å². The molecule has 0 aliphatic rings. The maximum absolute atomic E-state index is 13.4. The molecule has 2 aromatic carbocycles. The summed E-state index contributed by atoms with van der Waals surface area (Å²) in [6.45, 7) is 2.43. The molecule has 134 valence electrons. The number of carbonyl (C=O) groups excluding carboxylic acids is 1. The van der Waals surface area contributed by atoms with Gasteiger partial charge in [0.2, 0.25) is 0 Å². The van der Waals surface area contributed by atoms with Crippen molar-refractivity contribution >= 4 is 16.8 Å². The van der Waals surface area contributed by atoms with Crippen molar-refractivity contribution in [3.8, 4) is 5.75 Å². The number of aromatic nitrogens is 1. The predicted molar refractivity (Wildman–Crippen MR) is 98.2 cm³/mol. The number of aromatic amines is 1. The number of nitrogens with one attached hydrogen (secondary N) is 2. The molecule has 0 aliphatic heterocycles. The minimum absolute atomic E-state index is 0.121. The first-order valence-electron chi connectivity index (χ1n) is 8.34. The average molecular weight is 354 g/mol. The van der Waals surface area contributed by atoms with Crippen molar-refractivity contribution in [2.24, 2.45) is 0 Å². The Bertz CT molecular complexity index is 998. The molecule has 0 unspecified atom stereocenters. The third-order valence-electron chi connectivity index (χ3n) is 3.95. The Morgan fingerprint density at radius 2 is 2.00 bits per heavy atom. The van der Waals surface area contributed by atoms with E-state index in [4.69, 9.17) is 4.74 Å². The van der Waals surface area contributed by atoms with Crippen molar-refractivity contribution in [2.45, 2.75) is 13.3 Å². The molecule has 26 heavy (non-hydrogen) atoms. The predicted octanol–water partition coefficient (Wildman–Crippen LogP) is 3.17. The van der Waals surface area contributed by atoms with Crippen LogP contribution in [-0.4, -0.2) is 24.0 Å². The number of rotatable bonds is 6. The Morgan fingerprint density at radius 3 is 2.81 bits per heavy atom. The highest BCUT2D eigenvalue weighted by atomic mass is 19.1. The van der Waals surface area contributed by atoms with E-state index in [0.29, 0.717) is 35.1 Å². The zero-order valence-electron chi connectivity index (χ0n) is 14.3. The summed E-state index contributed by atoms with van der Waals surface area (Å²) in [6, 6.07) is 12.7. The molecule has 0 aliphatic carbocycles. The van der Waals surface area contributed by atoms with Crippen molar-refractivity contribution in [1.29, 1.82) is 0 Å². The van der Waals surface area contributed by atoms with Crippen molar-refractivity contribution in [3.63, 3.8) is 0 Å². The van der Waals surface area contributed by atoms with Crippen LogP contribution in [0.4, 0.5) is 4.39 Å². The zero-order chi connectivity index (χ0) is 18.5. The van der Waals surface area contributed by atoms with Crippen molar-refractivity contribution in [2.75, 3.05) is 13.2 Å². The topological polar surface area (TPSA) is 71.2 Å². The highest BCUT2D eigenvalue weighted by Gasteiger charge is 2.12. The summed E-state index contributed by atoms with van der Waals surface area (Å²) in [6.07, 6.45) is 0.528. The number of amides is 1. The second-order valence-corrected chi connectivity index (χ2v) is 5.93. The average Bonchev–Trinajstić information content (AvgIpc) is 2.62. The van der Waals surface area contributed by atoms with Gasteiger partial charge in [-0.05, 0) is 37.6 Å². The van der Waals surface area contributed by atoms with Gasteiger partial charge >= 0.3 is 0 Å². The summed E-state index contributed by atoms with van der Waals surface area (Å²) in [7, 11) is 0. The Morgan fingerprint density at radius 1 is 1.19 bits per heavy atom. The lowest BCUT2D eigenvalue weighted by Gasteiger charge is -2.10. The summed E-state index contributed by atoms with van der Waals surface area (Å²) in [5.41, 5.74) is 1.51. The zero-order valence-corrected chi connectivity index (χ0v) is 14.3. The van der Waals surface area contributed by atoms with Crippen molar-refractivity contribution in [1.82, 2.24) is 10.3 Å². The lowest BCUT2D eigenvalue weighted by Crippen LogP contribution is -2.26. The number of hydrogen-bond acceptors (Lipinski definition) is 3. The van der Waals surface area contributed by atoms with Gasteiger partial charge in [-0.2, -0.15) is 0 Å². The van der Waals surface area contributed by atoms with E-state index in [1.54, 1.807) is 43.3 Å². The molecule has 1 aromatic heterocycles. The summed E-state index contributed by atoms with van der Waals surface area (Å²) < 4.78 is 18.8. The van der Waals surface area contributed by atoms with E-state index in [9.17, 15) is 14.0 Å². The maximum Gasteiger partial charge on any atom is 0.253 e. The number of carbonyl (C=O) groups is 1. The maximum atomic E-state index is 13.4. The van der Waals surface area contributed by atoms with Gasteiger partial charge < -0.3 is 15.0 Å². The van der Waals surface area contributed by atoms with Crippen LogP contribution in [0.15, 0.2) is 53.3 Å². The molecule has 1 heterocycles. The normalized spacial score (nSPS) is 10.7. The Labute approximate surface area is 149 Å². The fourth-order valence-electron chi connectivity index (χ4n) is 2.70. The van der Waals surface area contributed by atoms with Crippen LogP contribution in [0.25, 0.3) is 10.9 Å². The number of para-hydroxylation sites is 2. The van der Waals surface area contributed by atoms with Crippen LogP contribution < -0.4 is 15.5 Å². The number of ether oxygens (including phenoxy) is 1. The molecular formula is C20H19FN2O3. The molecule has 0 bridgehead atoms. The number of hydrogen-bond donors (Lipinski definition) is 2. The van der Waals surface area contributed by atoms with Gasteiger partial charge in [0.15, 0.2) is 17.0 Å². The summed E-state index contributed by atoms with van der Waals surface area (Å²) in [4.78, 5) is 27.6. The van der Waals surface area contributed by atoms with Crippen LogP contribution in [0.5, 0.6) is 5.75 Å². The number of benzene rings is 2. The smallest absolute Gasteiger partial charge is 0.253 e. The second kappa shape index (κ2) is 7.82. The number of halogens is 1. The first kappa shape index (κ1) is 17.7. The standard InChI is InChI=1S/C20H19FN2O3/c1-13-12-17(24)14-6-4-7-15(19(14)23-13)20(25)22-10-5-11-26-18-9-3-2-8-16(18)21/h2-4,6-9,12H,5,10-11H2,1H3,(H,22,25)(H,23,24). The molecule has 0 fully saturated rings. The van der Waals surface area contributed by atoms with E-state index in [2.05, 4.69) is 10.3 Å². The largest absolute Gasteiger partial charge is 0.490 e. The van der Waals surface area contributed by atoms with E-state index in [1.165, 1.54) is 12.1 Å². The van der Waals surface area contributed by atoms with Crippen molar-refractivity contribution < 1.29 is 13.9 Å². The number of H-pyrrole nitrogens is 1. The molecule has 0 spiro atoms. The molecule has 5 nitrogen and oxygen atoms in total. The fourth-order valence-corrected chi connectivity index (χ4v) is 2.70. The van der Waals surface area contributed by atoms with E-state index < -0.39 is 5.82 Å². The van der Waals surface area contributed by atoms with Gasteiger partial charge in [-0.25, -0.2) is 4.39 Å². The van der Waals surface area contributed by atoms with E-state index in [0.717, 1.165) is 0 Å². The minimum Gasteiger partial charge on any atom is -0.490 e. The third-order valence-corrected chi connectivity index (χ3v) is 3.95. The van der Waals surface area contributed by atoms with Gasteiger partial charge in [-0.3, -0.25) is 9.59 Å². The first-order valence-corrected chi connectivity index (χ1v) is 8.34. The first-order chi connectivity index (χ1) is 12.6. The van der Waals surface area contributed by atoms with Gasteiger partial charge in [-0.15, -0.1) is 0 Å². The quantitative estimate of drug-likeness (QED) is 0.668. The molecule has 0 saturated heterocycles. The van der Waals surface area contributed by atoms with Crippen LogP contribution in [-0.2, 0) is 0 Å². The van der Waals surface area contributed by atoms with E-state index >= 15 is 0 Å². The molecule has 0 atom stereocenters. The lowest BCUT2D eigenvalue weighted by molar-refractivity contribution is 0.0953.